The second kappa shape index (κ2) is 6.41. The summed E-state index contributed by atoms with van der Waals surface area (Å²) >= 11 is 0. The Morgan fingerprint density at radius 1 is 1.31 bits per heavy atom. The largest absolute Gasteiger partial charge is 0.481 e. The highest BCUT2D eigenvalue weighted by molar-refractivity contribution is 5.82. The zero-order valence-electron chi connectivity index (χ0n) is 15.1. The summed E-state index contributed by atoms with van der Waals surface area (Å²) in [7, 11) is 0. The van der Waals surface area contributed by atoms with Crippen LogP contribution in [0.4, 0.5) is 0 Å². The second-order valence-electron chi connectivity index (χ2n) is 7.68. The lowest BCUT2D eigenvalue weighted by atomic mass is 9.77. The van der Waals surface area contributed by atoms with E-state index in [1.54, 1.807) is 4.90 Å². The van der Waals surface area contributed by atoms with Crippen LogP contribution >= 0.6 is 0 Å². The van der Waals surface area contributed by atoms with Gasteiger partial charge < -0.3 is 14.6 Å². The summed E-state index contributed by atoms with van der Waals surface area (Å²) in [6.07, 6.45) is 4.18. The van der Waals surface area contributed by atoms with Crippen molar-refractivity contribution in [2.24, 2.45) is 5.41 Å². The number of carbonyl (C=O) groups excluding carboxylic acids is 1. The number of aromatic nitrogens is 2. The fraction of sp³-hybridized carbons (Fsp3) is 0.550. The molecule has 1 saturated heterocycles. The molecule has 1 aliphatic carbocycles. The van der Waals surface area contributed by atoms with E-state index >= 15 is 0 Å². The molecular formula is C20H25N3O3. The molecule has 1 aromatic carbocycles. The van der Waals surface area contributed by atoms with Crippen molar-refractivity contribution in [3.8, 4) is 0 Å². The van der Waals surface area contributed by atoms with Crippen molar-refractivity contribution in [3.05, 3.63) is 30.1 Å². The number of para-hydroxylation sites is 2. The van der Waals surface area contributed by atoms with E-state index < -0.39 is 11.4 Å². The number of carboxylic acids is 1. The molecule has 2 heterocycles. The maximum atomic E-state index is 13.0. The molecule has 1 unspecified atom stereocenters. The quantitative estimate of drug-likeness (QED) is 0.894. The third-order valence-electron chi connectivity index (χ3n) is 5.98. The van der Waals surface area contributed by atoms with Gasteiger partial charge in [0.15, 0.2) is 0 Å². The predicted octanol–water partition coefficient (Wildman–Crippen LogP) is 3.02. The zero-order valence-corrected chi connectivity index (χ0v) is 15.1. The maximum absolute atomic E-state index is 13.0. The Labute approximate surface area is 152 Å². The molecule has 1 N–H and O–H groups in total. The summed E-state index contributed by atoms with van der Waals surface area (Å²) in [5.41, 5.74) is 1.11. The molecule has 1 saturated carbocycles. The van der Waals surface area contributed by atoms with Crippen LogP contribution in [-0.2, 0) is 16.1 Å². The Bertz CT molecular complexity index is 855. The standard InChI is InChI=1S/C20H25N3O3/c1-2-20(19(25)26)10-5-11-22(13-20)17(24)12-23-16-7-4-3-6-15(16)21-18(23)14-8-9-14/h3-4,6-7,14H,2,5,8-13H2,1H3,(H,25,26). The number of nitrogens with zero attached hydrogens (tertiary/aromatic N) is 3. The van der Waals surface area contributed by atoms with Gasteiger partial charge in [-0.1, -0.05) is 19.1 Å². The van der Waals surface area contributed by atoms with Crippen LogP contribution in [0, 0.1) is 5.41 Å². The molecular weight excluding hydrogens is 330 g/mol. The smallest absolute Gasteiger partial charge is 0.311 e. The number of likely N-dealkylation sites (tertiary alicyclic amines) is 1. The molecule has 26 heavy (non-hydrogen) atoms. The molecule has 4 rings (SSSR count). The summed E-state index contributed by atoms with van der Waals surface area (Å²) in [6, 6.07) is 7.92. The van der Waals surface area contributed by atoms with Crippen molar-refractivity contribution in [3.63, 3.8) is 0 Å². The third kappa shape index (κ3) is 2.87. The van der Waals surface area contributed by atoms with Gasteiger partial charge in [-0.2, -0.15) is 0 Å². The normalized spacial score (nSPS) is 23.3. The Balaban J connectivity index is 1.59. The molecule has 0 bridgehead atoms. The van der Waals surface area contributed by atoms with Gasteiger partial charge in [-0.3, -0.25) is 9.59 Å². The monoisotopic (exact) mass is 355 g/mol. The third-order valence-corrected chi connectivity index (χ3v) is 5.98. The molecule has 2 aliphatic rings. The maximum Gasteiger partial charge on any atom is 0.311 e. The van der Waals surface area contributed by atoms with E-state index in [1.165, 1.54) is 0 Å². The van der Waals surface area contributed by atoms with Gasteiger partial charge in [0.1, 0.15) is 12.4 Å². The summed E-state index contributed by atoms with van der Waals surface area (Å²) in [5, 5.41) is 9.66. The van der Waals surface area contributed by atoms with Crippen molar-refractivity contribution < 1.29 is 14.7 Å². The van der Waals surface area contributed by atoms with E-state index in [-0.39, 0.29) is 12.5 Å². The number of fused-ring (bicyclic) bond motifs is 1. The summed E-state index contributed by atoms with van der Waals surface area (Å²) in [4.78, 5) is 31.3. The van der Waals surface area contributed by atoms with Crippen LogP contribution in [-0.4, -0.2) is 44.5 Å². The molecule has 138 valence electrons. The van der Waals surface area contributed by atoms with Gasteiger partial charge in [-0.15, -0.1) is 0 Å². The lowest BCUT2D eigenvalue weighted by molar-refractivity contribution is -0.155. The first-order chi connectivity index (χ1) is 12.5. The lowest BCUT2D eigenvalue weighted by Gasteiger charge is -2.39. The van der Waals surface area contributed by atoms with E-state index in [9.17, 15) is 14.7 Å². The fourth-order valence-electron chi connectivity index (χ4n) is 4.11. The average molecular weight is 355 g/mol. The Kier molecular flexibility index (Phi) is 4.21. The number of carbonyl (C=O) groups is 2. The minimum absolute atomic E-state index is 0.00571. The van der Waals surface area contributed by atoms with Crippen LogP contribution in [0.25, 0.3) is 11.0 Å². The van der Waals surface area contributed by atoms with Gasteiger partial charge in [0.05, 0.1) is 16.4 Å². The average Bonchev–Trinajstić information content (AvgIpc) is 3.44. The Morgan fingerprint density at radius 2 is 2.08 bits per heavy atom. The highest BCUT2D eigenvalue weighted by Crippen LogP contribution is 2.41. The molecule has 6 heteroatoms. The number of aliphatic carboxylic acids is 1. The molecule has 1 amide bonds. The van der Waals surface area contributed by atoms with Crippen LogP contribution in [0.5, 0.6) is 0 Å². The van der Waals surface area contributed by atoms with E-state index in [0.29, 0.717) is 31.8 Å². The minimum Gasteiger partial charge on any atom is -0.481 e. The van der Waals surface area contributed by atoms with E-state index in [0.717, 1.165) is 36.1 Å². The van der Waals surface area contributed by atoms with Gasteiger partial charge in [-0.25, -0.2) is 4.98 Å². The van der Waals surface area contributed by atoms with Crippen molar-refractivity contribution in [1.29, 1.82) is 0 Å². The molecule has 0 spiro atoms. The van der Waals surface area contributed by atoms with Crippen LogP contribution < -0.4 is 0 Å². The number of imidazole rings is 1. The van der Waals surface area contributed by atoms with Gasteiger partial charge in [-0.05, 0) is 44.2 Å². The van der Waals surface area contributed by atoms with Crippen molar-refractivity contribution >= 4 is 22.9 Å². The summed E-state index contributed by atoms with van der Waals surface area (Å²) in [5.74, 6) is 0.653. The van der Waals surface area contributed by atoms with Crippen LogP contribution in [0.3, 0.4) is 0 Å². The minimum atomic E-state index is -0.801. The van der Waals surface area contributed by atoms with Crippen molar-refractivity contribution in [2.45, 2.75) is 51.5 Å². The predicted molar refractivity (Wildman–Crippen MR) is 97.9 cm³/mol. The van der Waals surface area contributed by atoms with Crippen LogP contribution in [0.2, 0.25) is 0 Å². The van der Waals surface area contributed by atoms with Crippen LogP contribution in [0.15, 0.2) is 24.3 Å². The summed E-state index contributed by atoms with van der Waals surface area (Å²) in [6.45, 7) is 3.09. The van der Waals surface area contributed by atoms with Gasteiger partial charge in [0.25, 0.3) is 0 Å². The molecule has 6 nitrogen and oxygen atoms in total. The number of hydrogen-bond donors (Lipinski definition) is 1. The lowest BCUT2D eigenvalue weighted by Crippen LogP contribution is -2.50. The number of rotatable bonds is 5. The number of piperidine rings is 1. The number of benzene rings is 1. The second-order valence-corrected chi connectivity index (χ2v) is 7.68. The Morgan fingerprint density at radius 3 is 2.77 bits per heavy atom. The number of amides is 1. The highest BCUT2D eigenvalue weighted by atomic mass is 16.4. The number of hydrogen-bond acceptors (Lipinski definition) is 3. The molecule has 2 fully saturated rings. The van der Waals surface area contributed by atoms with Gasteiger partial charge in [0.2, 0.25) is 5.91 Å². The molecule has 1 atom stereocenters. The first-order valence-electron chi connectivity index (χ1n) is 9.50. The van der Waals surface area contributed by atoms with E-state index in [2.05, 4.69) is 0 Å². The van der Waals surface area contributed by atoms with E-state index in [1.807, 2.05) is 35.8 Å². The van der Waals surface area contributed by atoms with Gasteiger partial charge >= 0.3 is 5.97 Å². The topological polar surface area (TPSA) is 75.4 Å². The van der Waals surface area contributed by atoms with Crippen molar-refractivity contribution in [2.75, 3.05) is 13.1 Å². The molecule has 1 aromatic heterocycles. The zero-order chi connectivity index (χ0) is 18.3. The molecule has 0 radical (unpaired) electrons. The fourth-order valence-corrected chi connectivity index (χ4v) is 4.11. The first-order valence-corrected chi connectivity index (χ1v) is 9.50. The van der Waals surface area contributed by atoms with Gasteiger partial charge in [0, 0.05) is 19.0 Å². The molecule has 2 aromatic rings. The SMILES string of the molecule is CCC1(C(=O)O)CCCN(C(=O)Cn2c(C3CC3)nc3ccccc32)C1. The number of carboxylic acid groups (broad SMARTS) is 1. The summed E-state index contributed by atoms with van der Waals surface area (Å²) < 4.78 is 2.04. The highest BCUT2D eigenvalue weighted by Gasteiger charge is 2.42. The van der Waals surface area contributed by atoms with Crippen molar-refractivity contribution in [1.82, 2.24) is 14.5 Å². The Hall–Kier alpha value is -2.37. The first kappa shape index (κ1) is 17.1. The van der Waals surface area contributed by atoms with E-state index in [4.69, 9.17) is 4.98 Å². The molecule has 1 aliphatic heterocycles. The van der Waals surface area contributed by atoms with Crippen LogP contribution in [0.1, 0.15) is 50.8 Å².